The van der Waals surface area contributed by atoms with Gasteiger partial charge in [0.05, 0.1) is 37.4 Å². The number of piperazine rings is 1. The van der Waals surface area contributed by atoms with Gasteiger partial charge in [-0.05, 0) is 44.0 Å². The van der Waals surface area contributed by atoms with Crippen molar-refractivity contribution >= 4 is 28.2 Å². The quantitative estimate of drug-likeness (QED) is 0.418. The van der Waals surface area contributed by atoms with Crippen molar-refractivity contribution in [3.05, 3.63) is 60.3 Å². The number of carbonyl (C=O) groups is 1. The Labute approximate surface area is 252 Å². The molecular weight excluding hydrogens is 542 g/mol. The molecule has 1 amide bonds. The van der Waals surface area contributed by atoms with Crippen LogP contribution < -0.4 is 14.5 Å². The number of amides is 1. The molecule has 4 heterocycles. The van der Waals surface area contributed by atoms with Gasteiger partial charge in [0.15, 0.2) is 0 Å². The summed E-state index contributed by atoms with van der Waals surface area (Å²) < 4.78 is 6.36. The van der Waals surface area contributed by atoms with Gasteiger partial charge in [-0.3, -0.25) is 4.79 Å². The fourth-order valence-electron chi connectivity index (χ4n) is 6.82. The van der Waals surface area contributed by atoms with Gasteiger partial charge >= 0.3 is 6.01 Å². The molecule has 0 saturated carbocycles. The van der Waals surface area contributed by atoms with E-state index in [0.717, 1.165) is 59.6 Å². The van der Waals surface area contributed by atoms with Gasteiger partial charge in [0.2, 0.25) is 5.91 Å². The zero-order valence-electron chi connectivity index (χ0n) is 25.0. The predicted molar refractivity (Wildman–Crippen MR) is 166 cm³/mol. The Hall–Kier alpha value is -4.36. The summed E-state index contributed by atoms with van der Waals surface area (Å²) in [5.74, 6) is 0.900. The Morgan fingerprint density at radius 3 is 2.81 bits per heavy atom. The van der Waals surface area contributed by atoms with Crippen LogP contribution in [0, 0.1) is 16.7 Å². The lowest BCUT2D eigenvalue weighted by atomic mass is 9.91. The van der Waals surface area contributed by atoms with Crippen molar-refractivity contribution in [3.63, 3.8) is 0 Å². The molecule has 2 saturated heterocycles. The fraction of sp³-hybridized carbons (Fsp3) is 0.455. The molecule has 10 nitrogen and oxygen atoms in total. The second kappa shape index (κ2) is 11.7. The number of carbonyl (C=O) groups excluding carboxylic acids is 1. The highest BCUT2D eigenvalue weighted by molar-refractivity contribution is 5.95. The summed E-state index contributed by atoms with van der Waals surface area (Å²) in [7, 11) is 2.13. The van der Waals surface area contributed by atoms with Crippen LogP contribution in [0.4, 0.5) is 11.5 Å². The average molecular weight is 582 g/mol. The topological polar surface area (TPSA) is 109 Å². The first-order valence-corrected chi connectivity index (χ1v) is 15.0. The summed E-state index contributed by atoms with van der Waals surface area (Å²) in [6.45, 7) is 11.3. The van der Waals surface area contributed by atoms with E-state index in [1.54, 1.807) is 11.0 Å². The minimum absolute atomic E-state index is 0.0231. The van der Waals surface area contributed by atoms with Crippen molar-refractivity contribution in [2.24, 2.45) is 5.41 Å². The van der Waals surface area contributed by atoms with E-state index in [2.05, 4.69) is 47.4 Å². The van der Waals surface area contributed by atoms with Gasteiger partial charge in [0.25, 0.3) is 0 Å². The third-order valence-electron chi connectivity index (χ3n) is 9.05. The molecule has 0 bridgehead atoms. The molecule has 1 unspecified atom stereocenters. The van der Waals surface area contributed by atoms with Crippen LogP contribution in [0.5, 0.6) is 11.8 Å². The maximum absolute atomic E-state index is 12.5. The highest BCUT2D eigenvalue weighted by Crippen LogP contribution is 2.37. The van der Waals surface area contributed by atoms with Gasteiger partial charge < -0.3 is 29.4 Å². The van der Waals surface area contributed by atoms with E-state index in [4.69, 9.17) is 14.7 Å². The third-order valence-corrected chi connectivity index (χ3v) is 9.05. The number of hydrogen-bond acceptors (Lipinski definition) is 9. The number of nitrogens with zero attached hydrogens (tertiary/aromatic N) is 7. The molecule has 224 valence electrons. The summed E-state index contributed by atoms with van der Waals surface area (Å²) >= 11 is 0. The van der Waals surface area contributed by atoms with Crippen LogP contribution in [0.3, 0.4) is 0 Å². The second-order valence-corrected chi connectivity index (χ2v) is 12.4. The molecule has 0 spiro atoms. The van der Waals surface area contributed by atoms with Crippen molar-refractivity contribution in [1.29, 1.82) is 5.26 Å². The number of phenolic OH excluding ortho intramolecular Hbond substituents is 1. The van der Waals surface area contributed by atoms with Crippen LogP contribution in [0.25, 0.3) is 10.8 Å². The van der Waals surface area contributed by atoms with Crippen LogP contribution in [-0.4, -0.2) is 89.7 Å². The summed E-state index contributed by atoms with van der Waals surface area (Å²) in [6.07, 6.45) is 3.32. The van der Waals surface area contributed by atoms with Crippen LogP contribution in [0.2, 0.25) is 0 Å². The zero-order chi connectivity index (χ0) is 30.1. The fourth-order valence-corrected chi connectivity index (χ4v) is 6.82. The smallest absolute Gasteiger partial charge is 0.318 e. The lowest BCUT2D eigenvalue weighted by Crippen LogP contribution is -2.55. The van der Waals surface area contributed by atoms with Crippen LogP contribution >= 0.6 is 0 Å². The average Bonchev–Trinajstić information content (AvgIpc) is 3.36. The molecular formula is C33H39N7O3. The summed E-state index contributed by atoms with van der Waals surface area (Å²) in [6, 6.07) is 14.1. The second-order valence-electron chi connectivity index (χ2n) is 12.4. The van der Waals surface area contributed by atoms with Gasteiger partial charge in [-0.25, -0.2) is 0 Å². The predicted octanol–water partition coefficient (Wildman–Crippen LogP) is 3.74. The molecule has 3 aromatic rings. The molecule has 1 aromatic heterocycles. The minimum Gasteiger partial charge on any atom is -0.508 e. The van der Waals surface area contributed by atoms with Crippen LogP contribution in [0.15, 0.2) is 49.1 Å². The van der Waals surface area contributed by atoms with E-state index in [9.17, 15) is 15.2 Å². The zero-order valence-corrected chi connectivity index (χ0v) is 25.0. The van der Waals surface area contributed by atoms with Crippen molar-refractivity contribution < 1.29 is 14.6 Å². The number of benzene rings is 2. The lowest BCUT2D eigenvalue weighted by molar-refractivity contribution is -0.128. The van der Waals surface area contributed by atoms with E-state index >= 15 is 0 Å². The van der Waals surface area contributed by atoms with Crippen LogP contribution in [0.1, 0.15) is 31.0 Å². The van der Waals surface area contributed by atoms with Crippen LogP contribution in [-0.2, 0) is 17.8 Å². The van der Waals surface area contributed by atoms with Crippen molar-refractivity contribution in [2.75, 3.05) is 62.7 Å². The number of rotatable bonds is 7. The summed E-state index contributed by atoms with van der Waals surface area (Å²) in [5, 5.41) is 22.1. The number of nitriles is 1. The lowest BCUT2D eigenvalue weighted by Gasteiger charge is -2.42. The van der Waals surface area contributed by atoms with E-state index in [-0.39, 0.29) is 29.5 Å². The first-order valence-electron chi connectivity index (χ1n) is 15.0. The third kappa shape index (κ3) is 5.82. The number of aromatic hydroxyl groups is 1. The van der Waals surface area contributed by atoms with Gasteiger partial charge in [-0.15, -0.1) is 0 Å². The molecule has 0 radical (unpaired) electrons. The van der Waals surface area contributed by atoms with Crippen molar-refractivity contribution in [3.8, 4) is 17.8 Å². The molecule has 10 heteroatoms. The Kier molecular flexibility index (Phi) is 7.84. The van der Waals surface area contributed by atoms with E-state index < -0.39 is 0 Å². The minimum atomic E-state index is -0.258. The molecule has 43 heavy (non-hydrogen) atoms. The number of fused-ring (bicyclic) bond motifs is 2. The standard InChI is InChI=1S/C33H39N7O3/c1-4-30(42)40-16-15-39(19-24(40)9-12-34)31-27-10-13-38(29-18-25(41)17-23-7-5-6-8-26(23)29)20-28(27)35-32(36-31)43-22-33(2)11-14-37(3)21-33/h4-8,17-18,24,41H,1,9-11,13-16,19-22H2,2-3H3/t24?,33-/m1/s1. The van der Waals surface area contributed by atoms with Gasteiger partial charge in [0.1, 0.15) is 11.6 Å². The van der Waals surface area contributed by atoms with E-state index in [0.29, 0.717) is 45.2 Å². The molecule has 0 aliphatic carbocycles. The maximum atomic E-state index is 12.5. The first-order chi connectivity index (χ1) is 20.8. The number of phenols is 1. The normalized spacial score (nSPS) is 22.3. The molecule has 2 fully saturated rings. The Bertz CT molecular complexity index is 1590. The van der Waals surface area contributed by atoms with Gasteiger partial charge in [-0.2, -0.15) is 15.2 Å². The molecule has 1 N–H and O–H groups in total. The molecule has 3 aliphatic rings. The highest BCUT2D eigenvalue weighted by atomic mass is 16.5. The highest BCUT2D eigenvalue weighted by Gasteiger charge is 2.35. The van der Waals surface area contributed by atoms with Crippen molar-refractivity contribution in [1.82, 2.24) is 19.8 Å². The largest absolute Gasteiger partial charge is 0.508 e. The number of anilines is 2. The van der Waals surface area contributed by atoms with Crippen molar-refractivity contribution in [2.45, 2.75) is 38.8 Å². The Balaban J connectivity index is 1.34. The summed E-state index contributed by atoms with van der Waals surface area (Å²) in [4.78, 5) is 31.0. The van der Waals surface area contributed by atoms with E-state index in [1.807, 2.05) is 24.3 Å². The maximum Gasteiger partial charge on any atom is 0.318 e. The monoisotopic (exact) mass is 581 g/mol. The molecule has 2 atom stereocenters. The Morgan fingerprint density at radius 1 is 1.21 bits per heavy atom. The number of aromatic nitrogens is 2. The molecule has 3 aliphatic heterocycles. The number of ether oxygens (including phenoxy) is 1. The molecule has 2 aromatic carbocycles. The van der Waals surface area contributed by atoms with Gasteiger partial charge in [-0.1, -0.05) is 37.8 Å². The number of likely N-dealkylation sites (tertiary alicyclic amines) is 1. The van der Waals surface area contributed by atoms with Gasteiger partial charge in [0, 0.05) is 60.8 Å². The summed E-state index contributed by atoms with van der Waals surface area (Å²) in [5.41, 5.74) is 2.96. The van der Waals surface area contributed by atoms with E-state index in [1.165, 1.54) is 6.08 Å². The first kappa shape index (κ1) is 28.7. The molecule has 6 rings (SSSR count). The SMILES string of the molecule is C=CC(=O)N1CCN(c2nc(OC[C@]3(C)CCN(C)C3)nc3c2CCN(c2cc(O)cc4ccccc24)C3)CC1CC#N. The number of hydrogen-bond donors (Lipinski definition) is 1. The Morgan fingerprint density at radius 2 is 2.05 bits per heavy atom.